The fourth-order valence-corrected chi connectivity index (χ4v) is 3.06. The summed E-state index contributed by atoms with van der Waals surface area (Å²) in [7, 11) is 1.64. The Kier molecular flexibility index (Phi) is 9.78. The van der Waals surface area contributed by atoms with Crippen LogP contribution < -0.4 is 20.1 Å². The molecule has 9 heteroatoms. The molecular formula is C20H25IN4O3S. The summed E-state index contributed by atoms with van der Waals surface area (Å²) >= 11 is 1.60. The lowest BCUT2D eigenvalue weighted by molar-refractivity contribution is 0.321. The van der Waals surface area contributed by atoms with Gasteiger partial charge in [-0.1, -0.05) is 6.07 Å². The molecule has 0 aliphatic rings. The molecule has 0 spiro atoms. The first kappa shape index (κ1) is 23.0. The Bertz CT molecular complexity index is 866. The number of benzene rings is 1. The van der Waals surface area contributed by atoms with Gasteiger partial charge in [-0.3, -0.25) is 0 Å². The van der Waals surface area contributed by atoms with Crippen molar-refractivity contribution in [3.05, 3.63) is 53.7 Å². The lowest BCUT2D eigenvalue weighted by atomic mass is 10.3. The monoisotopic (exact) mass is 528 g/mol. The van der Waals surface area contributed by atoms with Gasteiger partial charge in [0.2, 0.25) is 5.89 Å². The number of halogens is 1. The highest BCUT2D eigenvalue weighted by Gasteiger charge is 2.07. The Morgan fingerprint density at radius 2 is 1.97 bits per heavy atom. The topological polar surface area (TPSA) is 80.9 Å². The van der Waals surface area contributed by atoms with Crippen LogP contribution in [0.1, 0.15) is 12.6 Å². The average Bonchev–Trinajstić information content (AvgIpc) is 3.41. The second-order valence-electron chi connectivity index (χ2n) is 5.77. The van der Waals surface area contributed by atoms with E-state index in [4.69, 9.17) is 13.9 Å². The number of hydrogen-bond acceptors (Lipinski definition) is 6. The smallest absolute Gasteiger partial charge is 0.236 e. The molecule has 0 fully saturated rings. The minimum absolute atomic E-state index is 0. The normalized spacial score (nSPS) is 10.9. The van der Waals surface area contributed by atoms with Crippen molar-refractivity contribution in [1.29, 1.82) is 0 Å². The lowest BCUT2D eigenvalue weighted by Gasteiger charge is -2.12. The molecule has 156 valence electrons. The summed E-state index contributed by atoms with van der Waals surface area (Å²) in [6.07, 6.45) is 1.65. The largest absolute Gasteiger partial charge is 0.497 e. The van der Waals surface area contributed by atoms with Crippen LogP contribution in [-0.2, 0) is 6.54 Å². The summed E-state index contributed by atoms with van der Waals surface area (Å²) in [5.74, 6) is 2.95. The van der Waals surface area contributed by atoms with E-state index >= 15 is 0 Å². The summed E-state index contributed by atoms with van der Waals surface area (Å²) in [5, 5.41) is 8.46. The Balaban J connectivity index is 0.00000300. The van der Waals surface area contributed by atoms with E-state index < -0.39 is 0 Å². The van der Waals surface area contributed by atoms with Crippen LogP contribution in [0.2, 0.25) is 0 Å². The number of ether oxygens (including phenoxy) is 2. The second kappa shape index (κ2) is 12.3. The maximum absolute atomic E-state index is 5.71. The van der Waals surface area contributed by atoms with Crippen LogP contribution in [0.4, 0.5) is 0 Å². The Morgan fingerprint density at radius 3 is 2.66 bits per heavy atom. The van der Waals surface area contributed by atoms with E-state index in [1.807, 2.05) is 48.7 Å². The van der Waals surface area contributed by atoms with Crippen molar-refractivity contribution in [3.63, 3.8) is 0 Å². The number of nitrogens with zero attached hydrogens (tertiary/aromatic N) is 2. The van der Waals surface area contributed by atoms with Gasteiger partial charge in [-0.05, 0) is 42.6 Å². The van der Waals surface area contributed by atoms with Gasteiger partial charge in [-0.25, -0.2) is 9.98 Å². The van der Waals surface area contributed by atoms with Crippen molar-refractivity contribution in [2.24, 2.45) is 4.99 Å². The van der Waals surface area contributed by atoms with Crippen molar-refractivity contribution >= 4 is 41.3 Å². The van der Waals surface area contributed by atoms with Gasteiger partial charge in [0.1, 0.15) is 30.1 Å². The molecule has 0 unspecified atom stereocenters. The van der Waals surface area contributed by atoms with Crippen LogP contribution in [0, 0.1) is 0 Å². The summed E-state index contributed by atoms with van der Waals surface area (Å²) < 4.78 is 16.4. The first-order chi connectivity index (χ1) is 13.8. The number of aliphatic imine (C=N–C) groups is 1. The van der Waals surface area contributed by atoms with Crippen molar-refractivity contribution in [1.82, 2.24) is 15.6 Å². The van der Waals surface area contributed by atoms with Gasteiger partial charge in [0, 0.05) is 6.54 Å². The van der Waals surface area contributed by atoms with Gasteiger partial charge >= 0.3 is 0 Å². The zero-order valence-corrected chi connectivity index (χ0v) is 19.5. The maximum atomic E-state index is 5.71. The molecule has 0 saturated heterocycles. The molecule has 1 aromatic carbocycles. The molecule has 0 aliphatic heterocycles. The molecule has 0 radical (unpaired) electrons. The summed E-state index contributed by atoms with van der Waals surface area (Å²) in [4.78, 5) is 10.0. The molecule has 3 rings (SSSR count). The van der Waals surface area contributed by atoms with E-state index in [2.05, 4.69) is 20.6 Å². The molecule has 2 aromatic heterocycles. The zero-order valence-electron chi connectivity index (χ0n) is 16.4. The highest BCUT2D eigenvalue weighted by molar-refractivity contribution is 14.0. The first-order valence-electron chi connectivity index (χ1n) is 9.06. The highest BCUT2D eigenvalue weighted by Crippen LogP contribution is 2.23. The quantitative estimate of drug-likeness (QED) is 0.188. The Hall–Kier alpha value is -2.27. The second-order valence-corrected chi connectivity index (χ2v) is 6.71. The molecule has 0 aliphatic carbocycles. The van der Waals surface area contributed by atoms with Gasteiger partial charge in [-0.15, -0.1) is 35.3 Å². The molecular weight excluding hydrogens is 503 g/mol. The number of methoxy groups -OCH3 is 1. The maximum Gasteiger partial charge on any atom is 0.236 e. The third kappa shape index (κ3) is 7.24. The molecule has 7 nitrogen and oxygen atoms in total. The van der Waals surface area contributed by atoms with Gasteiger partial charge in [0.15, 0.2) is 5.96 Å². The Labute approximate surface area is 191 Å². The summed E-state index contributed by atoms with van der Waals surface area (Å²) in [6.45, 7) is 4.37. The lowest BCUT2D eigenvalue weighted by Crippen LogP contribution is -2.39. The third-order valence-corrected chi connectivity index (χ3v) is 4.61. The molecule has 2 N–H and O–H groups in total. The van der Waals surface area contributed by atoms with Crippen molar-refractivity contribution in [3.8, 4) is 22.3 Å². The minimum Gasteiger partial charge on any atom is -0.497 e. The van der Waals surface area contributed by atoms with Crippen LogP contribution in [0.25, 0.3) is 10.8 Å². The molecule has 2 heterocycles. The van der Waals surface area contributed by atoms with Crippen LogP contribution in [0.5, 0.6) is 11.5 Å². The number of rotatable bonds is 9. The predicted molar refractivity (Wildman–Crippen MR) is 127 cm³/mol. The summed E-state index contributed by atoms with van der Waals surface area (Å²) in [5.41, 5.74) is 0.787. The van der Waals surface area contributed by atoms with Crippen molar-refractivity contribution in [2.75, 3.05) is 26.8 Å². The molecule has 0 bridgehead atoms. The standard InChI is InChI=1S/C20H24N4O3S.HI/c1-3-21-20(22-10-11-26-17-8-6-16(25-2)7-9-17)23-13-15-14-27-19(24-15)18-5-4-12-28-18;/h4-9,12,14H,3,10-11,13H2,1-2H3,(H2,21,22,23);1H. The SMILES string of the molecule is CCNC(=NCc1coc(-c2cccs2)n1)NCCOc1ccc(OC)cc1.I. The fourth-order valence-electron chi connectivity index (χ4n) is 2.41. The van der Waals surface area contributed by atoms with Gasteiger partial charge in [-0.2, -0.15) is 0 Å². The van der Waals surface area contributed by atoms with Crippen molar-refractivity contribution in [2.45, 2.75) is 13.5 Å². The van der Waals surface area contributed by atoms with Crippen LogP contribution in [0.3, 0.4) is 0 Å². The zero-order chi connectivity index (χ0) is 19.6. The van der Waals surface area contributed by atoms with Crippen LogP contribution >= 0.6 is 35.3 Å². The number of guanidine groups is 1. The summed E-state index contributed by atoms with van der Waals surface area (Å²) in [6, 6.07) is 11.5. The fraction of sp³-hybridized carbons (Fsp3) is 0.300. The van der Waals surface area contributed by atoms with Crippen LogP contribution in [0.15, 0.2) is 57.5 Å². The molecule has 0 atom stereocenters. The van der Waals surface area contributed by atoms with E-state index in [0.717, 1.165) is 28.6 Å². The number of thiophene rings is 1. The number of aromatic nitrogens is 1. The van der Waals surface area contributed by atoms with E-state index in [9.17, 15) is 0 Å². The third-order valence-electron chi connectivity index (χ3n) is 3.75. The number of hydrogen-bond donors (Lipinski definition) is 2. The number of oxazole rings is 1. The Morgan fingerprint density at radius 1 is 1.17 bits per heavy atom. The molecule has 3 aromatic rings. The van der Waals surface area contributed by atoms with E-state index in [1.165, 1.54) is 0 Å². The average molecular weight is 528 g/mol. The van der Waals surface area contributed by atoms with Gasteiger partial charge in [0.05, 0.1) is 25.1 Å². The first-order valence-corrected chi connectivity index (χ1v) is 9.93. The van der Waals surface area contributed by atoms with Crippen molar-refractivity contribution < 1.29 is 13.9 Å². The number of nitrogens with one attached hydrogen (secondary N) is 2. The van der Waals surface area contributed by atoms with E-state index in [1.54, 1.807) is 24.7 Å². The minimum atomic E-state index is 0. The predicted octanol–water partition coefficient (Wildman–Crippen LogP) is 4.16. The molecule has 0 saturated carbocycles. The van der Waals surface area contributed by atoms with Gasteiger partial charge < -0.3 is 24.5 Å². The van der Waals surface area contributed by atoms with E-state index in [0.29, 0.717) is 31.5 Å². The highest BCUT2D eigenvalue weighted by atomic mass is 127. The van der Waals surface area contributed by atoms with E-state index in [-0.39, 0.29) is 24.0 Å². The van der Waals surface area contributed by atoms with Crippen LogP contribution in [-0.4, -0.2) is 37.7 Å². The molecule has 0 amide bonds. The molecule has 29 heavy (non-hydrogen) atoms. The van der Waals surface area contributed by atoms with Gasteiger partial charge in [0.25, 0.3) is 0 Å².